The molecule has 88 valence electrons. The van der Waals surface area contributed by atoms with E-state index in [-0.39, 0.29) is 5.78 Å². The number of nitrogens with one attached hydrogen (secondary N) is 1. The summed E-state index contributed by atoms with van der Waals surface area (Å²) in [5, 5.41) is 15.7. The third kappa shape index (κ3) is 1.66. The van der Waals surface area contributed by atoms with Gasteiger partial charge in [-0.1, -0.05) is 0 Å². The number of rotatable bonds is 2. The van der Waals surface area contributed by atoms with E-state index in [4.69, 9.17) is 0 Å². The smallest absolute Gasteiger partial charge is 0.159 e. The number of aromatic nitrogens is 4. The fourth-order valence-corrected chi connectivity index (χ4v) is 1.88. The molecule has 1 aromatic carbocycles. The van der Waals surface area contributed by atoms with Crippen LogP contribution < -0.4 is 0 Å². The van der Waals surface area contributed by atoms with Crippen LogP contribution in [-0.2, 0) is 0 Å². The molecular formula is C13H10N4O. The highest BCUT2D eigenvalue weighted by Gasteiger charge is 2.10. The minimum absolute atomic E-state index is 0.0388. The lowest BCUT2D eigenvalue weighted by Gasteiger charge is -1.98. The SMILES string of the molecule is CC(=O)c1ccc2[nH]nc(-c3ccnnc3)c2c1. The van der Waals surface area contributed by atoms with E-state index in [0.29, 0.717) is 5.56 Å². The van der Waals surface area contributed by atoms with Gasteiger partial charge in [0.05, 0.1) is 17.9 Å². The fourth-order valence-electron chi connectivity index (χ4n) is 1.88. The molecule has 0 spiro atoms. The van der Waals surface area contributed by atoms with Crippen LogP contribution in [0.3, 0.4) is 0 Å². The zero-order valence-electron chi connectivity index (χ0n) is 9.71. The average Bonchev–Trinajstić information content (AvgIpc) is 2.82. The van der Waals surface area contributed by atoms with Gasteiger partial charge in [-0.2, -0.15) is 15.3 Å². The number of Topliss-reactive ketones (excluding diaryl/α,β-unsaturated/α-hetero) is 1. The largest absolute Gasteiger partial charge is 0.295 e. The molecule has 2 aromatic heterocycles. The normalized spacial score (nSPS) is 10.7. The highest BCUT2D eigenvalue weighted by atomic mass is 16.1. The third-order valence-electron chi connectivity index (χ3n) is 2.83. The summed E-state index contributed by atoms with van der Waals surface area (Å²) in [5.74, 6) is 0.0388. The lowest BCUT2D eigenvalue weighted by Crippen LogP contribution is -1.90. The first kappa shape index (κ1) is 10.6. The summed E-state index contributed by atoms with van der Waals surface area (Å²) in [5.41, 5.74) is 3.22. The molecule has 18 heavy (non-hydrogen) atoms. The Morgan fingerprint density at radius 2 is 2.11 bits per heavy atom. The number of fused-ring (bicyclic) bond motifs is 1. The van der Waals surface area contributed by atoms with Crippen LogP contribution in [0.5, 0.6) is 0 Å². The zero-order chi connectivity index (χ0) is 12.5. The summed E-state index contributed by atoms with van der Waals surface area (Å²) in [6.45, 7) is 1.55. The van der Waals surface area contributed by atoms with Crippen molar-refractivity contribution in [2.24, 2.45) is 0 Å². The summed E-state index contributed by atoms with van der Waals surface area (Å²) in [7, 11) is 0. The molecule has 0 aliphatic rings. The van der Waals surface area contributed by atoms with Gasteiger partial charge in [-0.25, -0.2) is 0 Å². The predicted molar refractivity (Wildman–Crippen MR) is 67.1 cm³/mol. The van der Waals surface area contributed by atoms with Gasteiger partial charge in [-0.05, 0) is 31.2 Å². The molecule has 0 amide bonds. The Morgan fingerprint density at radius 3 is 2.83 bits per heavy atom. The molecule has 0 aliphatic heterocycles. The summed E-state index contributed by atoms with van der Waals surface area (Å²) in [4.78, 5) is 11.4. The number of ketones is 1. The van der Waals surface area contributed by atoms with Gasteiger partial charge < -0.3 is 0 Å². The van der Waals surface area contributed by atoms with Crippen LogP contribution in [0.1, 0.15) is 17.3 Å². The number of nitrogens with zero attached hydrogens (tertiary/aromatic N) is 3. The number of hydrogen-bond donors (Lipinski definition) is 1. The number of aromatic amines is 1. The predicted octanol–water partition coefficient (Wildman–Crippen LogP) is 2.22. The number of benzene rings is 1. The van der Waals surface area contributed by atoms with Gasteiger partial charge in [0.2, 0.25) is 0 Å². The number of hydrogen-bond acceptors (Lipinski definition) is 4. The van der Waals surface area contributed by atoms with Gasteiger partial charge in [0, 0.05) is 16.5 Å². The van der Waals surface area contributed by atoms with Crippen molar-refractivity contribution in [3.05, 3.63) is 42.2 Å². The van der Waals surface area contributed by atoms with Gasteiger partial charge in [-0.15, -0.1) is 0 Å². The monoisotopic (exact) mass is 238 g/mol. The van der Waals surface area contributed by atoms with E-state index in [1.807, 2.05) is 18.2 Å². The van der Waals surface area contributed by atoms with Crippen LogP contribution in [0.2, 0.25) is 0 Å². The molecular weight excluding hydrogens is 228 g/mol. The van der Waals surface area contributed by atoms with E-state index in [1.165, 1.54) is 0 Å². The molecule has 0 fully saturated rings. The maximum atomic E-state index is 11.4. The second-order valence-electron chi connectivity index (χ2n) is 4.02. The van der Waals surface area contributed by atoms with Crippen LogP contribution in [0.25, 0.3) is 22.2 Å². The second-order valence-corrected chi connectivity index (χ2v) is 4.02. The first-order chi connectivity index (χ1) is 8.75. The van der Waals surface area contributed by atoms with Crippen molar-refractivity contribution in [2.45, 2.75) is 6.92 Å². The topological polar surface area (TPSA) is 71.5 Å². The van der Waals surface area contributed by atoms with Gasteiger partial charge >= 0.3 is 0 Å². The summed E-state index contributed by atoms with van der Waals surface area (Å²) in [6.07, 6.45) is 3.26. The number of H-pyrrole nitrogens is 1. The Balaban J connectivity index is 2.24. The molecule has 3 rings (SSSR count). The van der Waals surface area contributed by atoms with Gasteiger partial charge in [0.1, 0.15) is 5.69 Å². The minimum atomic E-state index is 0.0388. The van der Waals surface area contributed by atoms with Crippen molar-refractivity contribution < 1.29 is 4.79 Å². The lowest BCUT2D eigenvalue weighted by molar-refractivity contribution is 0.101. The summed E-state index contributed by atoms with van der Waals surface area (Å²) < 4.78 is 0. The summed E-state index contributed by atoms with van der Waals surface area (Å²) >= 11 is 0. The van der Waals surface area contributed by atoms with Gasteiger partial charge in [0.15, 0.2) is 5.78 Å². The molecule has 0 atom stereocenters. The van der Waals surface area contributed by atoms with Gasteiger partial charge in [-0.3, -0.25) is 9.89 Å². The van der Waals surface area contributed by atoms with Crippen LogP contribution >= 0.6 is 0 Å². The molecule has 0 aliphatic carbocycles. The summed E-state index contributed by atoms with van der Waals surface area (Å²) in [6, 6.07) is 7.33. The Morgan fingerprint density at radius 1 is 1.22 bits per heavy atom. The molecule has 1 N–H and O–H groups in total. The molecule has 0 saturated carbocycles. The van der Waals surface area contributed by atoms with Crippen LogP contribution in [0.15, 0.2) is 36.7 Å². The Bertz CT molecular complexity index is 718. The Kier molecular flexibility index (Phi) is 2.37. The number of carbonyl (C=O) groups excluding carboxylic acids is 1. The van der Waals surface area contributed by atoms with Crippen LogP contribution in [0.4, 0.5) is 0 Å². The lowest BCUT2D eigenvalue weighted by atomic mass is 10.1. The molecule has 2 heterocycles. The highest BCUT2D eigenvalue weighted by molar-refractivity contribution is 6.01. The van der Waals surface area contributed by atoms with Crippen molar-refractivity contribution in [3.63, 3.8) is 0 Å². The van der Waals surface area contributed by atoms with Crippen molar-refractivity contribution in [1.82, 2.24) is 20.4 Å². The van der Waals surface area contributed by atoms with E-state index >= 15 is 0 Å². The first-order valence-corrected chi connectivity index (χ1v) is 5.52. The Labute approximate surface area is 103 Å². The van der Waals surface area contributed by atoms with E-state index in [2.05, 4.69) is 20.4 Å². The highest BCUT2D eigenvalue weighted by Crippen LogP contribution is 2.26. The maximum Gasteiger partial charge on any atom is 0.159 e. The quantitative estimate of drug-likeness (QED) is 0.695. The van der Waals surface area contributed by atoms with Crippen molar-refractivity contribution in [2.75, 3.05) is 0 Å². The van der Waals surface area contributed by atoms with Crippen LogP contribution in [-0.4, -0.2) is 26.2 Å². The maximum absolute atomic E-state index is 11.4. The standard InChI is InChI=1S/C13H10N4O/c1-8(18)9-2-3-12-11(6-9)13(17-16-12)10-4-5-14-15-7-10/h2-7H,1H3,(H,16,17). The Hall–Kier alpha value is -2.56. The van der Waals surface area contributed by atoms with Crippen LogP contribution in [0, 0.1) is 0 Å². The van der Waals surface area contributed by atoms with E-state index < -0.39 is 0 Å². The third-order valence-corrected chi connectivity index (χ3v) is 2.83. The molecule has 5 heteroatoms. The molecule has 0 saturated heterocycles. The van der Waals surface area contributed by atoms with Gasteiger partial charge in [0.25, 0.3) is 0 Å². The second kappa shape index (κ2) is 4.03. The minimum Gasteiger partial charge on any atom is -0.295 e. The van der Waals surface area contributed by atoms with Crippen molar-refractivity contribution >= 4 is 16.7 Å². The van der Waals surface area contributed by atoms with Crippen molar-refractivity contribution in [3.8, 4) is 11.3 Å². The molecule has 5 nitrogen and oxygen atoms in total. The average molecular weight is 238 g/mol. The molecule has 0 bridgehead atoms. The molecule has 0 radical (unpaired) electrons. The van der Waals surface area contributed by atoms with E-state index in [9.17, 15) is 4.79 Å². The molecule has 3 aromatic rings. The number of carbonyl (C=O) groups is 1. The van der Waals surface area contributed by atoms with E-state index in [0.717, 1.165) is 22.2 Å². The first-order valence-electron chi connectivity index (χ1n) is 5.52. The van der Waals surface area contributed by atoms with Crippen molar-refractivity contribution in [1.29, 1.82) is 0 Å². The molecule has 0 unspecified atom stereocenters. The van der Waals surface area contributed by atoms with E-state index in [1.54, 1.807) is 25.4 Å². The zero-order valence-corrected chi connectivity index (χ0v) is 9.71. The fraction of sp³-hybridized carbons (Fsp3) is 0.0769.